The lowest BCUT2D eigenvalue weighted by Crippen LogP contribution is -2.44. The Labute approximate surface area is 115 Å². The molecule has 0 bridgehead atoms. The molecule has 0 aliphatic heterocycles. The molecule has 0 radical (unpaired) electrons. The predicted octanol–water partition coefficient (Wildman–Crippen LogP) is 0.347. The highest BCUT2D eigenvalue weighted by Crippen LogP contribution is 2.11. The quantitative estimate of drug-likeness (QED) is 0.360. The number of carboxylic acid groups (broad SMARTS) is 1. The van der Waals surface area contributed by atoms with Gasteiger partial charge in [-0.05, 0) is 19.1 Å². The number of ketones is 1. The third-order valence-corrected chi connectivity index (χ3v) is 3.56. The van der Waals surface area contributed by atoms with E-state index in [9.17, 15) is 14.4 Å². The van der Waals surface area contributed by atoms with Crippen LogP contribution in [0.25, 0.3) is 5.53 Å². The molecule has 0 rings (SSSR count). The third-order valence-electron chi connectivity index (χ3n) is 2.44. The lowest BCUT2D eigenvalue weighted by Gasteiger charge is -2.17. The van der Waals surface area contributed by atoms with E-state index in [0.717, 1.165) is 0 Å². The molecule has 19 heavy (non-hydrogen) atoms. The molecule has 0 aliphatic rings. The molecule has 0 heterocycles. The van der Waals surface area contributed by atoms with E-state index < -0.39 is 17.8 Å². The van der Waals surface area contributed by atoms with Gasteiger partial charge in [-0.3, -0.25) is 9.59 Å². The Morgan fingerprint density at radius 3 is 2.53 bits per heavy atom. The average Bonchev–Trinajstić information content (AvgIpc) is 2.35. The Kier molecular flexibility index (Phi) is 8.48. The molecule has 106 valence electrons. The van der Waals surface area contributed by atoms with Crippen molar-refractivity contribution in [1.82, 2.24) is 5.32 Å². The highest BCUT2D eigenvalue weighted by molar-refractivity contribution is 7.99. The number of nitrogens with one attached hydrogen (secondary N) is 1. The van der Waals surface area contributed by atoms with E-state index in [2.05, 4.69) is 10.1 Å². The van der Waals surface area contributed by atoms with E-state index in [-0.39, 0.29) is 24.0 Å². The van der Waals surface area contributed by atoms with Crippen LogP contribution < -0.4 is 5.32 Å². The molecule has 0 aromatic carbocycles. The molecule has 0 aromatic heterocycles. The Balaban J connectivity index is 4.50. The average molecular weight is 287 g/mol. The van der Waals surface area contributed by atoms with E-state index in [0.29, 0.717) is 12.6 Å². The molecule has 0 aromatic rings. The minimum atomic E-state index is -1.20. The van der Waals surface area contributed by atoms with Crippen LogP contribution in [0, 0.1) is 0 Å². The summed E-state index contributed by atoms with van der Waals surface area (Å²) in [7, 11) is 0. The molecule has 7 nitrogen and oxygen atoms in total. The van der Waals surface area contributed by atoms with Crippen LogP contribution in [0.4, 0.5) is 0 Å². The minimum Gasteiger partial charge on any atom is -0.480 e. The number of carbonyl (C=O) groups is 3. The van der Waals surface area contributed by atoms with Gasteiger partial charge in [0.05, 0.1) is 5.25 Å². The van der Waals surface area contributed by atoms with Crippen LogP contribution in [0.5, 0.6) is 0 Å². The van der Waals surface area contributed by atoms with Gasteiger partial charge in [0.15, 0.2) is 0 Å². The summed E-state index contributed by atoms with van der Waals surface area (Å²) in [6, 6.07) is -1.12. The number of carbonyl (C=O) groups excluding carboxylic acids is 2. The maximum absolute atomic E-state index is 11.7. The fourth-order valence-corrected chi connectivity index (χ4v) is 2.01. The van der Waals surface area contributed by atoms with Gasteiger partial charge in [0.1, 0.15) is 6.04 Å². The van der Waals surface area contributed by atoms with Gasteiger partial charge in [-0.15, -0.1) is 0 Å². The molecule has 2 N–H and O–H groups in total. The number of rotatable bonds is 9. The molecule has 0 spiro atoms. The fourth-order valence-electron chi connectivity index (χ4n) is 1.40. The molecule has 2 atom stereocenters. The van der Waals surface area contributed by atoms with Gasteiger partial charge < -0.3 is 16.0 Å². The van der Waals surface area contributed by atoms with Crippen LogP contribution in [0.2, 0.25) is 0 Å². The van der Waals surface area contributed by atoms with Crippen molar-refractivity contribution in [1.29, 1.82) is 0 Å². The summed E-state index contributed by atoms with van der Waals surface area (Å²) in [6.07, 6.45) is 2.91. The molecule has 0 fully saturated rings. The number of hydrogen-bond donors (Lipinski definition) is 2. The van der Waals surface area contributed by atoms with E-state index in [1.165, 1.54) is 11.8 Å². The highest BCUT2D eigenvalue weighted by Gasteiger charge is 2.24. The Bertz CT molecular complexity index is 389. The van der Waals surface area contributed by atoms with Gasteiger partial charge in [0.2, 0.25) is 11.7 Å². The summed E-state index contributed by atoms with van der Waals surface area (Å²) < 4.78 is 0. The van der Waals surface area contributed by atoms with Gasteiger partial charge in [-0.1, -0.05) is 6.92 Å². The van der Waals surface area contributed by atoms with E-state index in [1.807, 2.05) is 6.92 Å². The number of Topliss-reactive ketones (excluding diaryl/α,β-unsaturated/α-hetero) is 1. The summed E-state index contributed by atoms with van der Waals surface area (Å²) >= 11 is 1.34. The third kappa shape index (κ3) is 6.73. The maximum Gasteiger partial charge on any atom is 0.326 e. The van der Waals surface area contributed by atoms with Crippen LogP contribution in [0.15, 0.2) is 0 Å². The SMILES string of the molecule is CCC(SC)C(=O)NC(CCC(=O)C=[N+]=[N-])C(=O)O. The number of aliphatic carboxylic acids is 1. The minimum absolute atomic E-state index is 0.0449. The summed E-state index contributed by atoms with van der Waals surface area (Å²) in [4.78, 5) is 36.4. The van der Waals surface area contributed by atoms with Crippen molar-refractivity contribution in [2.24, 2.45) is 0 Å². The first-order valence-electron chi connectivity index (χ1n) is 5.72. The zero-order chi connectivity index (χ0) is 14.8. The Morgan fingerprint density at radius 1 is 1.47 bits per heavy atom. The first-order chi connectivity index (χ1) is 8.96. The number of hydrogen-bond acceptors (Lipinski definition) is 4. The zero-order valence-corrected chi connectivity index (χ0v) is 11.6. The number of carboxylic acids is 1. The van der Waals surface area contributed by atoms with Crippen molar-refractivity contribution in [2.45, 2.75) is 37.5 Å². The lowest BCUT2D eigenvalue weighted by atomic mass is 10.1. The van der Waals surface area contributed by atoms with Crippen molar-refractivity contribution in [2.75, 3.05) is 6.26 Å². The molecule has 0 saturated heterocycles. The van der Waals surface area contributed by atoms with Crippen LogP contribution in [0.3, 0.4) is 0 Å². The molecule has 0 saturated carbocycles. The van der Waals surface area contributed by atoms with E-state index >= 15 is 0 Å². The van der Waals surface area contributed by atoms with Crippen molar-refractivity contribution in [3.8, 4) is 0 Å². The van der Waals surface area contributed by atoms with Crippen LogP contribution >= 0.6 is 11.8 Å². The van der Waals surface area contributed by atoms with E-state index in [4.69, 9.17) is 10.6 Å². The molecule has 2 unspecified atom stereocenters. The van der Waals surface area contributed by atoms with Crippen molar-refractivity contribution >= 4 is 35.6 Å². The van der Waals surface area contributed by atoms with Gasteiger partial charge >= 0.3 is 12.2 Å². The largest absolute Gasteiger partial charge is 0.480 e. The fraction of sp³-hybridized carbons (Fsp3) is 0.636. The number of thioether (sulfide) groups is 1. The Morgan fingerprint density at radius 2 is 2.11 bits per heavy atom. The first-order valence-corrected chi connectivity index (χ1v) is 7.01. The normalized spacial score (nSPS) is 12.9. The lowest BCUT2D eigenvalue weighted by molar-refractivity contribution is -0.142. The second-order valence-electron chi connectivity index (χ2n) is 3.78. The smallest absolute Gasteiger partial charge is 0.326 e. The second kappa shape index (κ2) is 9.29. The van der Waals surface area contributed by atoms with Crippen LogP contribution in [0.1, 0.15) is 26.2 Å². The van der Waals surface area contributed by atoms with Gasteiger partial charge in [-0.25, -0.2) is 4.79 Å². The van der Waals surface area contributed by atoms with Crippen LogP contribution in [-0.2, 0) is 14.4 Å². The highest BCUT2D eigenvalue weighted by atomic mass is 32.2. The number of nitrogens with zero attached hydrogens (tertiary/aromatic N) is 2. The van der Waals surface area contributed by atoms with Gasteiger partial charge in [0, 0.05) is 6.42 Å². The van der Waals surface area contributed by atoms with Crippen molar-refractivity contribution in [3.05, 3.63) is 5.53 Å². The first kappa shape index (κ1) is 17.3. The standard InChI is InChI=1S/C11H17N3O4S/c1-3-9(19-2)10(16)14-8(11(17)18)5-4-7(15)6-13-12/h6,8-9H,3-5H2,1-2H3,(H,14,16)(H,17,18). The predicted molar refractivity (Wildman–Crippen MR) is 71.1 cm³/mol. The topological polar surface area (TPSA) is 120 Å². The second-order valence-corrected chi connectivity index (χ2v) is 4.82. The Hall–Kier alpha value is -1.66. The van der Waals surface area contributed by atoms with Gasteiger partial charge in [0.25, 0.3) is 0 Å². The van der Waals surface area contributed by atoms with Crippen molar-refractivity contribution in [3.63, 3.8) is 0 Å². The van der Waals surface area contributed by atoms with Crippen molar-refractivity contribution < 1.29 is 24.3 Å². The monoisotopic (exact) mass is 287 g/mol. The van der Waals surface area contributed by atoms with Gasteiger partial charge in [-0.2, -0.15) is 16.6 Å². The molecular weight excluding hydrogens is 270 g/mol. The number of amides is 1. The molecular formula is C11H17N3O4S. The molecule has 0 aliphatic carbocycles. The van der Waals surface area contributed by atoms with E-state index in [1.54, 1.807) is 6.26 Å². The summed E-state index contributed by atoms with van der Waals surface area (Å²) in [5.74, 6) is -2.05. The zero-order valence-electron chi connectivity index (χ0n) is 10.8. The molecule has 1 amide bonds. The summed E-state index contributed by atoms with van der Waals surface area (Å²) in [5, 5.41) is 11.1. The summed E-state index contributed by atoms with van der Waals surface area (Å²) in [5.41, 5.74) is 8.15. The maximum atomic E-state index is 11.7. The summed E-state index contributed by atoms with van der Waals surface area (Å²) in [6.45, 7) is 1.83. The van der Waals surface area contributed by atoms with Crippen LogP contribution in [-0.4, -0.2) is 51.3 Å². The molecule has 8 heteroatoms.